The number of rotatable bonds is 4. The van der Waals surface area contributed by atoms with E-state index in [1.807, 2.05) is 18.2 Å². The van der Waals surface area contributed by atoms with E-state index in [2.05, 4.69) is 79.4 Å². The van der Waals surface area contributed by atoms with Crippen molar-refractivity contribution in [1.82, 2.24) is 4.90 Å². The van der Waals surface area contributed by atoms with Gasteiger partial charge in [-0.05, 0) is 67.3 Å². The number of nitrogens with zero attached hydrogens (tertiary/aromatic N) is 1. The molecule has 154 valence electrons. The van der Waals surface area contributed by atoms with Crippen LogP contribution < -0.4 is 0 Å². The van der Waals surface area contributed by atoms with E-state index in [1.54, 1.807) is 0 Å². The zero-order valence-electron chi connectivity index (χ0n) is 18.0. The molecule has 2 bridgehead atoms. The smallest absolute Gasteiger partial charge is 0.0926 e. The Morgan fingerprint density at radius 3 is 1.70 bits per heavy atom. The third-order valence-electron chi connectivity index (χ3n) is 7.40. The van der Waals surface area contributed by atoms with E-state index >= 15 is 0 Å². The summed E-state index contributed by atoms with van der Waals surface area (Å²) < 4.78 is 0. The summed E-state index contributed by atoms with van der Waals surface area (Å²) >= 11 is 0. The van der Waals surface area contributed by atoms with Gasteiger partial charge in [0, 0.05) is 12.1 Å². The summed E-state index contributed by atoms with van der Waals surface area (Å²) in [5.74, 6) is 0. The van der Waals surface area contributed by atoms with Gasteiger partial charge in [0.1, 0.15) is 0 Å². The van der Waals surface area contributed by atoms with Crippen LogP contribution in [0.25, 0.3) is 0 Å². The molecule has 30 heavy (non-hydrogen) atoms. The van der Waals surface area contributed by atoms with Crippen LogP contribution in [-0.4, -0.2) is 22.1 Å². The van der Waals surface area contributed by atoms with Crippen LogP contribution in [0.3, 0.4) is 0 Å². The number of piperidine rings is 1. The van der Waals surface area contributed by atoms with Crippen molar-refractivity contribution >= 4 is 0 Å². The van der Waals surface area contributed by atoms with Crippen molar-refractivity contribution in [2.75, 3.05) is 0 Å². The molecule has 0 aliphatic carbocycles. The van der Waals surface area contributed by atoms with E-state index in [-0.39, 0.29) is 6.04 Å². The molecular formula is C28H31NO. The van der Waals surface area contributed by atoms with Gasteiger partial charge in [-0.25, -0.2) is 0 Å². The van der Waals surface area contributed by atoms with Crippen LogP contribution in [0.4, 0.5) is 0 Å². The van der Waals surface area contributed by atoms with E-state index in [4.69, 9.17) is 0 Å². The fraction of sp³-hybridized carbons (Fsp3) is 0.357. The van der Waals surface area contributed by atoms with Gasteiger partial charge in [-0.15, -0.1) is 0 Å². The molecule has 2 saturated heterocycles. The summed E-state index contributed by atoms with van der Waals surface area (Å²) in [6.07, 6.45) is 3.94. The van der Waals surface area contributed by atoms with E-state index < -0.39 is 5.60 Å². The molecule has 0 unspecified atom stereocenters. The molecule has 2 aliphatic rings. The number of hydrogen-bond acceptors (Lipinski definition) is 2. The number of aryl methyl sites for hydroxylation is 2. The largest absolute Gasteiger partial charge is 0.385 e. The number of hydrogen-bond donors (Lipinski definition) is 1. The second-order valence-electron chi connectivity index (χ2n) is 9.25. The Balaban J connectivity index is 1.57. The summed E-state index contributed by atoms with van der Waals surface area (Å²) in [5, 5.41) is 11.6. The maximum Gasteiger partial charge on any atom is 0.0926 e. The first kappa shape index (κ1) is 19.5. The minimum absolute atomic E-state index is 0.241. The standard InChI is InChI=1S/C28H31NO/c1-20-10-6-8-14-25(20)27(26-15-9-7-11-21(26)2)29-23-16-17-24(29)19-28(30,18-23)22-12-4-3-5-13-22/h3-15,23-24,27,30H,16-19H2,1-2H3/t23-,24-/m0/s1. The second kappa shape index (κ2) is 7.68. The van der Waals surface area contributed by atoms with Crippen molar-refractivity contribution in [3.05, 3.63) is 107 Å². The predicted octanol–water partition coefficient (Wildman–Crippen LogP) is 5.91. The molecule has 0 radical (unpaired) electrons. The normalized spacial score (nSPS) is 26.3. The molecule has 0 amide bonds. The summed E-state index contributed by atoms with van der Waals surface area (Å²) in [4.78, 5) is 2.74. The zero-order valence-corrected chi connectivity index (χ0v) is 18.0. The predicted molar refractivity (Wildman–Crippen MR) is 122 cm³/mol. The Kier molecular flexibility index (Phi) is 5.00. The van der Waals surface area contributed by atoms with Crippen LogP contribution in [-0.2, 0) is 5.60 Å². The fourth-order valence-corrected chi connectivity index (χ4v) is 5.94. The van der Waals surface area contributed by atoms with Gasteiger partial charge in [0.2, 0.25) is 0 Å². The molecule has 0 saturated carbocycles. The van der Waals surface area contributed by atoms with Crippen LogP contribution in [0, 0.1) is 13.8 Å². The first-order valence-corrected chi connectivity index (χ1v) is 11.2. The lowest BCUT2D eigenvalue weighted by atomic mass is 9.78. The first-order chi connectivity index (χ1) is 14.6. The molecule has 2 fully saturated rings. The number of aliphatic hydroxyl groups is 1. The van der Waals surface area contributed by atoms with Gasteiger partial charge >= 0.3 is 0 Å². The lowest BCUT2D eigenvalue weighted by Crippen LogP contribution is -2.51. The molecule has 3 aromatic carbocycles. The van der Waals surface area contributed by atoms with Gasteiger partial charge in [-0.3, -0.25) is 4.90 Å². The maximum absolute atomic E-state index is 11.6. The van der Waals surface area contributed by atoms with Gasteiger partial charge in [-0.2, -0.15) is 0 Å². The Labute approximate surface area is 180 Å². The minimum Gasteiger partial charge on any atom is -0.385 e. The maximum atomic E-state index is 11.6. The van der Waals surface area contributed by atoms with E-state index in [9.17, 15) is 5.11 Å². The highest BCUT2D eigenvalue weighted by Crippen LogP contribution is 2.50. The molecule has 2 aliphatic heterocycles. The Hall–Kier alpha value is -2.42. The third-order valence-corrected chi connectivity index (χ3v) is 7.40. The summed E-state index contributed by atoms with van der Waals surface area (Å²) in [5.41, 5.74) is 5.83. The summed E-state index contributed by atoms with van der Waals surface area (Å²) in [6.45, 7) is 4.46. The van der Waals surface area contributed by atoms with Crippen molar-refractivity contribution in [2.45, 2.75) is 63.3 Å². The topological polar surface area (TPSA) is 23.5 Å². The van der Waals surface area contributed by atoms with E-state index in [1.165, 1.54) is 22.3 Å². The molecule has 2 atom stereocenters. The minimum atomic E-state index is -0.717. The molecule has 2 heteroatoms. The third kappa shape index (κ3) is 3.29. The Bertz CT molecular complexity index is 968. The first-order valence-electron chi connectivity index (χ1n) is 11.2. The highest BCUT2D eigenvalue weighted by Gasteiger charge is 2.50. The summed E-state index contributed by atoms with van der Waals surface area (Å²) in [7, 11) is 0. The van der Waals surface area contributed by atoms with Gasteiger partial charge in [0.05, 0.1) is 11.6 Å². The Morgan fingerprint density at radius 2 is 1.20 bits per heavy atom. The fourth-order valence-electron chi connectivity index (χ4n) is 5.94. The molecule has 0 spiro atoms. The molecule has 1 N–H and O–H groups in total. The Morgan fingerprint density at radius 1 is 0.733 bits per heavy atom. The second-order valence-corrected chi connectivity index (χ2v) is 9.25. The van der Waals surface area contributed by atoms with Crippen molar-refractivity contribution in [3.8, 4) is 0 Å². The lowest BCUT2D eigenvalue weighted by molar-refractivity contribution is -0.0658. The quantitative estimate of drug-likeness (QED) is 0.592. The average molecular weight is 398 g/mol. The van der Waals surface area contributed by atoms with Crippen LogP contribution in [0.5, 0.6) is 0 Å². The molecular weight excluding hydrogens is 366 g/mol. The SMILES string of the molecule is Cc1ccccc1C(c1ccccc1C)N1[C@H]2CC[C@H]1CC(O)(c1ccccc1)C2. The molecule has 2 heterocycles. The highest BCUT2D eigenvalue weighted by molar-refractivity contribution is 5.41. The monoisotopic (exact) mass is 397 g/mol. The van der Waals surface area contributed by atoms with Crippen molar-refractivity contribution in [3.63, 3.8) is 0 Å². The van der Waals surface area contributed by atoms with Crippen molar-refractivity contribution in [2.24, 2.45) is 0 Å². The zero-order chi connectivity index (χ0) is 20.7. The van der Waals surface area contributed by atoms with Crippen LogP contribution >= 0.6 is 0 Å². The highest BCUT2D eigenvalue weighted by atomic mass is 16.3. The molecule has 0 aromatic heterocycles. The van der Waals surface area contributed by atoms with Gasteiger partial charge in [-0.1, -0.05) is 78.9 Å². The van der Waals surface area contributed by atoms with Crippen molar-refractivity contribution < 1.29 is 5.11 Å². The number of fused-ring (bicyclic) bond motifs is 2. The molecule has 5 rings (SSSR count). The van der Waals surface area contributed by atoms with Crippen LogP contribution in [0.15, 0.2) is 78.9 Å². The average Bonchev–Trinajstić information content (AvgIpc) is 3.02. The lowest BCUT2D eigenvalue weighted by Gasteiger charge is -2.48. The van der Waals surface area contributed by atoms with Crippen LogP contribution in [0.2, 0.25) is 0 Å². The van der Waals surface area contributed by atoms with E-state index in [0.717, 1.165) is 31.2 Å². The van der Waals surface area contributed by atoms with Crippen molar-refractivity contribution in [1.29, 1.82) is 0 Å². The summed E-state index contributed by atoms with van der Waals surface area (Å²) in [6, 6.07) is 29.0. The van der Waals surface area contributed by atoms with Gasteiger partial charge in [0.15, 0.2) is 0 Å². The number of benzene rings is 3. The molecule has 2 nitrogen and oxygen atoms in total. The molecule has 3 aromatic rings. The van der Waals surface area contributed by atoms with Crippen LogP contribution in [0.1, 0.15) is 59.5 Å². The van der Waals surface area contributed by atoms with E-state index in [0.29, 0.717) is 12.1 Å². The van der Waals surface area contributed by atoms with Gasteiger partial charge < -0.3 is 5.11 Å². The van der Waals surface area contributed by atoms with Gasteiger partial charge in [0.25, 0.3) is 0 Å².